The number of hydrogen-bond acceptors (Lipinski definition) is 3. The Morgan fingerprint density at radius 1 is 1.53 bits per heavy atom. The number of nitrogens with zero attached hydrogens (tertiary/aromatic N) is 1. The average molecular weight is 244 g/mol. The van der Waals surface area contributed by atoms with Crippen LogP contribution in [0.1, 0.15) is 6.42 Å². The summed E-state index contributed by atoms with van der Waals surface area (Å²) in [5.41, 5.74) is 0.660. The summed E-state index contributed by atoms with van der Waals surface area (Å²) < 4.78 is 0. The Balaban J connectivity index is 2.37. The van der Waals surface area contributed by atoms with Crippen molar-refractivity contribution in [2.24, 2.45) is 0 Å². The van der Waals surface area contributed by atoms with Gasteiger partial charge in [0.2, 0.25) is 5.91 Å². The summed E-state index contributed by atoms with van der Waals surface area (Å²) in [5.74, 6) is -0.0972. The van der Waals surface area contributed by atoms with Crippen LogP contribution < -0.4 is 4.90 Å². The minimum absolute atomic E-state index is 0.0972. The highest BCUT2D eigenvalue weighted by atomic mass is 35.5. The van der Waals surface area contributed by atoms with Crippen LogP contribution in [-0.4, -0.2) is 23.7 Å². The molecule has 1 aliphatic rings. The van der Waals surface area contributed by atoms with Gasteiger partial charge in [-0.05, 0) is 18.2 Å². The molecule has 0 spiro atoms. The molecule has 0 aliphatic carbocycles. The molecule has 1 N–H and O–H groups in total. The third kappa shape index (κ3) is 2.12. The molecular weight excluding hydrogens is 234 g/mol. The van der Waals surface area contributed by atoms with Crippen molar-refractivity contribution in [1.29, 1.82) is 0 Å². The second kappa shape index (κ2) is 4.04. The number of anilines is 1. The third-order valence-corrected chi connectivity index (χ3v) is 2.95. The van der Waals surface area contributed by atoms with Crippen LogP contribution >= 0.6 is 24.2 Å². The Morgan fingerprint density at radius 2 is 2.27 bits per heavy atom. The van der Waals surface area contributed by atoms with Crippen LogP contribution in [0.3, 0.4) is 0 Å². The lowest BCUT2D eigenvalue weighted by Crippen LogP contribution is -2.25. The van der Waals surface area contributed by atoms with Gasteiger partial charge in [0.15, 0.2) is 0 Å². The second-order valence-electron chi connectivity index (χ2n) is 3.50. The smallest absolute Gasteiger partial charge is 0.229 e. The number of hydrogen-bond donors (Lipinski definition) is 2. The van der Waals surface area contributed by atoms with E-state index < -0.39 is 6.10 Å². The van der Waals surface area contributed by atoms with Gasteiger partial charge in [-0.25, -0.2) is 0 Å². The maximum Gasteiger partial charge on any atom is 0.229 e. The van der Waals surface area contributed by atoms with Crippen molar-refractivity contribution in [3.63, 3.8) is 0 Å². The summed E-state index contributed by atoms with van der Waals surface area (Å²) in [6, 6.07) is 5.13. The quantitative estimate of drug-likeness (QED) is 0.738. The van der Waals surface area contributed by atoms with E-state index in [1.165, 1.54) is 4.90 Å². The average Bonchev–Trinajstić information content (AvgIpc) is 2.50. The molecule has 5 heteroatoms. The van der Waals surface area contributed by atoms with E-state index in [0.717, 1.165) is 0 Å². The van der Waals surface area contributed by atoms with Crippen molar-refractivity contribution in [2.75, 3.05) is 11.4 Å². The maximum absolute atomic E-state index is 11.5. The fourth-order valence-electron chi connectivity index (χ4n) is 1.63. The van der Waals surface area contributed by atoms with E-state index in [4.69, 9.17) is 11.6 Å². The summed E-state index contributed by atoms with van der Waals surface area (Å²) in [4.78, 5) is 13.7. The summed E-state index contributed by atoms with van der Waals surface area (Å²) in [5, 5.41) is 9.92. The minimum atomic E-state index is -0.593. The molecule has 80 valence electrons. The van der Waals surface area contributed by atoms with Gasteiger partial charge in [-0.15, -0.1) is 12.6 Å². The standard InChI is InChI=1S/C10H10ClNO2S/c11-6-1-2-9(15)8(3-6)12-5-7(13)4-10(12)14/h1-3,7,13,15H,4-5H2. The van der Waals surface area contributed by atoms with Crippen molar-refractivity contribution in [3.05, 3.63) is 23.2 Å². The van der Waals surface area contributed by atoms with Gasteiger partial charge in [-0.3, -0.25) is 4.79 Å². The highest BCUT2D eigenvalue weighted by molar-refractivity contribution is 7.80. The Labute approximate surface area is 98.1 Å². The molecule has 3 nitrogen and oxygen atoms in total. The van der Waals surface area contributed by atoms with Crippen LogP contribution in [0.4, 0.5) is 5.69 Å². The van der Waals surface area contributed by atoms with E-state index in [-0.39, 0.29) is 12.3 Å². The zero-order chi connectivity index (χ0) is 11.0. The molecule has 0 radical (unpaired) electrons. The van der Waals surface area contributed by atoms with E-state index >= 15 is 0 Å². The van der Waals surface area contributed by atoms with Gasteiger partial charge < -0.3 is 10.0 Å². The first kappa shape index (κ1) is 10.8. The summed E-state index contributed by atoms with van der Waals surface area (Å²) in [6.07, 6.45) is -0.427. The number of rotatable bonds is 1. The zero-order valence-corrected chi connectivity index (χ0v) is 9.50. The Bertz CT molecular complexity index is 410. The van der Waals surface area contributed by atoms with Gasteiger partial charge in [0, 0.05) is 9.92 Å². The summed E-state index contributed by atoms with van der Waals surface area (Å²) in [7, 11) is 0. The van der Waals surface area contributed by atoms with E-state index in [9.17, 15) is 9.90 Å². The molecule has 2 rings (SSSR count). The SMILES string of the molecule is O=C1CC(O)CN1c1cc(Cl)ccc1S. The lowest BCUT2D eigenvalue weighted by Gasteiger charge is -2.18. The number of carbonyl (C=O) groups is 1. The maximum atomic E-state index is 11.5. The van der Waals surface area contributed by atoms with Gasteiger partial charge in [-0.1, -0.05) is 11.6 Å². The van der Waals surface area contributed by atoms with Crippen LogP contribution in [-0.2, 0) is 4.79 Å². The molecule has 1 heterocycles. The topological polar surface area (TPSA) is 40.5 Å². The minimum Gasteiger partial charge on any atom is -0.391 e. The predicted molar refractivity (Wildman–Crippen MR) is 61.7 cm³/mol. The molecule has 0 saturated carbocycles. The van der Waals surface area contributed by atoms with Crippen LogP contribution in [0.15, 0.2) is 23.1 Å². The highest BCUT2D eigenvalue weighted by Crippen LogP contribution is 2.30. The Kier molecular flexibility index (Phi) is 2.91. The lowest BCUT2D eigenvalue weighted by atomic mass is 10.3. The van der Waals surface area contributed by atoms with Crippen molar-refractivity contribution in [2.45, 2.75) is 17.4 Å². The largest absolute Gasteiger partial charge is 0.391 e. The zero-order valence-electron chi connectivity index (χ0n) is 7.85. The van der Waals surface area contributed by atoms with Crippen LogP contribution in [0.2, 0.25) is 5.02 Å². The van der Waals surface area contributed by atoms with Gasteiger partial charge in [0.05, 0.1) is 24.8 Å². The lowest BCUT2D eigenvalue weighted by molar-refractivity contribution is -0.117. The van der Waals surface area contributed by atoms with Crippen molar-refractivity contribution >= 4 is 35.8 Å². The predicted octanol–water partition coefficient (Wildman–Crippen LogP) is 1.73. The number of thiol groups is 1. The van der Waals surface area contributed by atoms with Crippen LogP contribution in [0, 0.1) is 0 Å². The molecule has 0 bridgehead atoms. The molecule has 1 aliphatic heterocycles. The summed E-state index contributed by atoms with van der Waals surface area (Å²) >= 11 is 10.1. The third-order valence-electron chi connectivity index (χ3n) is 2.33. The van der Waals surface area contributed by atoms with Crippen LogP contribution in [0.25, 0.3) is 0 Å². The Hall–Kier alpha value is -0.710. The fraction of sp³-hybridized carbons (Fsp3) is 0.300. The number of β-amino-alcohol motifs (C(OH)–C–C–N with tert-alkyl or cyclic N) is 1. The number of halogens is 1. The highest BCUT2D eigenvalue weighted by Gasteiger charge is 2.30. The van der Waals surface area contributed by atoms with Crippen molar-refractivity contribution in [1.82, 2.24) is 0 Å². The van der Waals surface area contributed by atoms with Crippen molar-refractivity contribution < 1.29 is 9.90 Å². The molecule has 1 aromatic rings. The number of aliphatic hydroxyl groups is 1. The van der Waals surface area contributed by atoms with Gasteiger partial charge in [0.1, 0.15) is 0 Å². The van der Waals surface area contributed by atoms with Gasteiger partial charge in [0.25, 0.3) is 0 Å². The van der Waals surface area contributed by atoms with E-state index in [1.54, 1.807) is 18.2 Å². The molecule has 1 aromatic carbocycles. The van der Waals surface area contributed by atoms with Crippen LogP contribution in [0.5, 0.6) is 0 Å². The molecule has 1 amide bonds. The number of benzene rings is 1. The summed E-state index contributed by atoms with van der Waals surface area (Å²) in [6.45, 7) is 0.312. The first-order chi connectivity index (χ1) is 7.08. The fourth-order valence-corrected chi connectivity index (χ4v) is 2.06. The van der Waals surface area contributed by atoms with Crippen molar-refractivity contribution in [3.8, 4) is 0 Å². The first-order valence-corrected chi connectivity index (χ1v) is 5.37. The molecular formula is C10H10ClNO2S. The Morgan fingerprint density at radius 3 is 2.87 bits per heavy atom. The number of carbonyl (C=O) groups excluding carboxylic acids is 1. The molecule has 1 atom stereocenters. The number of amides is 1. The van der Waals surface area contributed by atoms with Gasteiger partial charge >= 0.3 is 0 Å². The second-order valence-corrected chi connectivity index (χ2v) is 4.41. The van der Waals surface area contributed by atoms with E-state index in [1.807, 2.05) is 0 Å². The van der Waals surface area contributed by atoms with E-state index in [0.29, 0.717) is 22.2 Å². The van der Waals surface area contributed by atoms with Gasteiger partial charge in [-0.2, -0.15) is 0 Å². The molecule has 0 aromatic heterocycles. The normalized spacial score (nSPS) is 21.1. The molecule has 1 fully saturated rings. The monoisotopic (exact) mass is 243 g/mol. The molecule has 1 unspecified atom stereocenters. The molecule has 1 saturated heterocycles. The molecule has 15 heavy (non-hydrogen) atoms. The van der Waals surface area contributed by atoms with E-state index in [2.05, 4.69) is 12.6 Å². The number of aliphatic hydroxyl groups excluding tert-OH is 1. The first-order valence-electron chi connectivity index (χ1n) is 4.55.